The maximum Gasteiger partial charge on any atom is 0.129 e. The Labute approximate surface area is 98.8 Å². The Bertz CT molecular complexity index is 448. The van der Waals surface area contributed by atoms with E-state index in [9.17, 15) is 0 Å². The summed E-state index contributed by atoms with van der Waals surface area (Å²) >= 11 is 6.15. The van der Waals surface area contributed by atoms with E-state index >= 15 is 0 Å². The van der Waals surface area contributed by atoms with Crippen LogP contribution >= 0.6 is 11.6 Å². The average molecular weight is 240 g/mol. The van der Waals surface area contributed by atoms with E-state index in [0.29, 0.717) is 5.02 Å². The van der Waals surface area contributed by atoms with Gasteiger partial charge in [0.05, 0.1) is 16.9 Å². The average Bonchev–Trinajstić information content (AvgIpc) is 2.91. The van der Waals surface area contributed by atoms with Crippen molar-refractivity contribution >= 4 is 11.6 Å². The van der Waals surface area contributed by atoms with E-state index in [4.69, 9.17) is 11.6 Å². The van der Waals surface area contributed by atoms with Gasteiger partial charge >= 0.3 is 0 Å². The molecule has 86 valence electrons. The topological polar surface area (TPSA) is 58.5 Å². The number of aromatic amines is 1. The van der Waals surface area contributed by atoms with Crippen molar-refractivity contribution in [2.45, 2.75) is 19.5 Å². The zero-order valence-electron chi connectivity index (χ0n) is 9.24. The summed E-state index contributed by atoms with van der Waals surface area (Å²) in [6.45, 7) is 2.81. The largest absolute Gasteiger partial charge is 0.347 e. The summed E-state index contributed by atoms with van der Waals surface area (Å²) in [7, 11) is 1.87. The van der Waals surface area contributed by atoms with E-state index < -0.39 is 0 Å². The Morgan fingerprint density at radius 2 is 2.44 bits per heavy atom. The second kappa shape index (κ2) is 4.67. The van der Waals surface area contributed by atoms with Crippen LogP contribution in [0.2, 0.25) is 5.02 Å². The van der Waals surface area contributed by atoms with Crippen molar-refractivity contribution in [2.75, 3.05) is 7.05 Å². The van der Waals surface area contributed by atoms with Crippen molar-refractivity contribution in [3.63, 3.8) is 0 Å². The molecule has 1 unspecified atom stereocenters. The molecule has 5 nitrogen and oxygen atoms in total. The first-order valence-electron chi connectivity index (χ1n) is 5.15. The van der Waals surface area contributed by atoms with Gasteiger partial charge in [0.25, 0.3) is 0 Å². The molecule has 0 bridgehead atoms. The number of rotatable bonds is 4. The van der Waals surface area contributed by atoms with Crippen LogP contribution in [-0.4, -0.2) is 26.8 Å². The van der Waals surface area contributed by atoms with Gasteiger partial charge in [-0.3, -0.25) is 4.68 Å². The third-order valence-corrected chi connectivity index (χ3v) is 2.78. The fraction of sp³-hybridized carbons (Fsp3) is 0.400. The third-order valence-electron chi connectivity index (χ3n) is 2.49. The molecule has 2 aromatic heterocycles. The summed E-state index contributed by atoms with van der Waals surface area (Å²) in [5.74, 6) is 0.833. The highest BCUT2D eigenvalue weighted by atomic mass is 35.5. The van der Waals surface area contributed by atoms with Crippen molar-refractivity contribution < 1.29 is 0 Å². The van der Waals surface area contributed by atoms with Gasteiger partial charge in [0.2, 0.25) is 0 Å². The first-order valence-corrected chi connectivity index (χ1v) is 5.53. The molecule has 0 aromatic carbocycles. The molecule has 6 heteroatoms. The molecular weight excluding hydrogens is 226 g/mol. The van der Waals surface area contributed by atoms with Crippen LogP contribution in [0.5, 0.6) is 0 Å². The van der Waals surface area contributed by atoms with Crippen LogP contribution in [0.25, 0.3) is 0 Å². The summed E-state index contributed by atoms with van der Waals surface area (Å²) < 4.78 is 1.87. The number of nitrogens with zero attached hydrogens (tertiary/aromatic N) is 3. The molecule has 0 aliphatic carbocycles. The molecule has 2 rings (SSSR count). The maximum absolute atomic E-state index is 6.15. The van der Waals surface area contributed by atoms with Crippen LogP contribution in [0.3, 0.4) is 0 Å². The van der Waals surface area contributed by atoms with E-state index in [0.717, 1.165) is 18.1 Å². The first-order chi connectivity index (χ1) is 7.77. The molecule has 2 heterocycles. The Morgan fingerprint density at radius 1 is 1.62 bits per heavy atom. The van der Waals surface area contributed by atoms with Crippen LogP contribution in [-0.2, 0) is 6.54 Å². The minimum absolute atomic E-state index is 0.0649. The monoisotopic (exact) mass is 239 g/mol. The van der Waals surface area contributed by atoms with Crippen molar-refractivity contribution in [2.24, 2.45) is 0 Å². The van der Waals surface area contributed by atoms with E-state index in [1.165, 1.54) is 0 Å². The predicted molar refractivity (Wildman–Crippen MR) is 62.4 cm³/mol. The zero-order valence-corrected chi connectivity index (χ0v) is 9.99. The van der Waals surface area contributed by atoms with Crippen molar-refractivity contribution in [1.82, 2.24) is 25.1 Å². The van der Waals surface area contributed by atoms with E-state index in [2.05, 4.69) is 20.4 Å². The lowest BCUT2D eigenvalue weighted by molar-refractivity contribution is 0.549. The van der Waals surface area contributed by atoms with Crippen LogP contribution < -0.4 is 5.32 Å². The van der Waals surface area contributed by atoms with Gasteiger partial charge in [0, 0.05) is 18.9 Å². The molecule has 0 spiro atoms. The first kappa shape index (κ1) is 11.2. The highest BCUT2D eigenvalue weighted by Crippen LogP contribution is 2.25. The quantitative estimate of drug-likeness (QED) is 0.852. The molecule has 2 aromatic rings. The van der Waals surface area contributed by atoms with Gasteiger partial charge < -0.3 is 10.3 Å². The fourth-order valence-electron chi connectivity index (χ4n) is 1.75. The number of aryl methyl sites for hydroxylation is 1. The minimum Gasteiger partial charge on any atom is -0.347 e. The number of hydrogen-bond donors (Lipinski definition) is 2. The standard InChI is InChI=1S/C10H14ClN5/c1-3-16-9(7(11)6-15-16)8(12-2)10-13-4-5-14-10/h4-6,8,12H,3H2,1-2H3,(H,13,14). The number of aromatic nitrogens is 4. The molecular formula is C10H14ClN5. The summed E-state index contributed by atoms with van der Waals surface area (Å²) in [4.78, 5) is 7.32. The summed E-state index contributed by atoms with van der Waals surface area (Å²) in [5, 5.41) is 8.05. The van der Waals surface area contributed by atoms with E-state index in [1.807, 2.05) is 18.7 Å². The molecule has 0 saturated heterocycles. The molecule has 16 heavy (non-hydrogen) atoms. The Kier molecular flexibility index (Phi) is 3.26. The van der Waals surface area contributed by atoms with Crippen molar-refractivity contribution in [3.05, 3.63) is 35.1 Å². The number of nitrogens with one attached hydrogen (secondary N) is 2. The molecule has 0 aliphatic heterocycles. The van der Waals surface area contributed by atoms with Crippen molar-refractivity contribution in [1.29, 1.82) is 0 Å². The summed E-state index contributed by atoms with van der Waals surface area (Å²) in [6.07, 6.45) is 5.17. The van der Waals surface area contributed by atoms with E-state index in [-0.39, 0.29) is 6.04 Å². The van der Waals surface area contributed by atoms with Gasteiger partial charge in [0.1, 0.15) is 11.9 Å². The van der Waals surface area contributed by atoms with E-state index in [1.54, 1.807) is 18.6 Å². The molecule has 0 amide bonds. The van der Waals surface area contributed by atoms with Crippen LogP contribution in [0.1, 0.15) is 24.5 Å². The molecule has 0 radical (unpaired) electrons. The smallest absolute Gasteiger partial charge is 0.129 e. The number of H-pyrrole nitrogens is 1. The lowest BCUT2D eigenvalue weighted by Gasteiger charge is -2.15. The van der Waals surface area contributed by atoms with Gasteiger partial charge in [-0.2, -0.15) is 5.10 Å². The molecule has 1 atom stereocenters. The molecule has 0 aliphatic rings. The fourth-order valence-corrected chi connectivity index (χ4v) is 2.00. The minimum atomic E-state index is -0.0649. The maximum atomic E-state index is 6.15. The SMILES string of the molecule is CCn1ncc(Cl)c1C(NC)c1ncc[nH]1. The Hall–Kier alpha value is -1.33. The second-order valence-electron chi connectivity index (χ2n) is 3.39. The van der Waals surface area contributed by atoms with Crippen LogP contribution in [0.15, 0.2) is 18.6 Å². The lowest BCUT2D eigenvalue weighted by Crippen LogP contribution is -2.22. The predicted octanol–water partition coefficient (Wildman–Crippen LogP) is 1.59. The second-order valence-corrected chi connectivity index (χ2v) is 3.80. The Balaban J connectivity index is 2.44. The van der Waals surface area contributed by atoms with Crippen LogP contribution in [0, 0.1) is 0 Å². The Morgan fingerprint density at radius 3 is 3.00 bits per heavy atom. The van der Waals surface area contributed by atoms with Gasteiger partial charge in [-0.25, -0.2) is 4.98 Å². The lowest BCUT2D eigenvalue weighted by atomic mass is 10.2. The number of hydrogen-bond acceptors (Lipinski definition) is 3. The van der Waals surface area contributed by atoms with Gasteiger partial charge in [0.15, 0.2) is 0 Å². The zero-order chi connectivity index (χ0) is 11.5. The number of halogens is 1. The summed E-state index contributed by atoms with van der Waals surface area (Å²) in [5.41, 5.74) is 0.932. The van der Waals surface area contributed by atoms with Gasteiger partial charge in [-0.05, 0) is 14.0 Å². The molecule has 0 fully saturated rings. The van der Waals surface area contributed by atoms with Crippen LogP contribution in [0.4, 0.5) is 0 Å². The third kappa shape index (κ3) is 1.83. The molecule has 2 N–H and O–H groups in total. The highest BCUT2D eigenvalue weighted by Gasteiger charge is 2.21. The summed E-state index contributed by atoms with van der Waals surface area (Å²) in [6, 6.07) is -0.0649. The number of imidazole rings is 1. The van der Waals surface area contributed by atoms with Crippen molar-refractivity contribution in [3.8, 4) is 0 Å². The highest BCUT2D eigenvalue weighted by molar-refractivity contribution is 6.31. The van der Waals surface area contributed by atoms with Gasteiger partial charge in [-0.15, -0.1) is 0 Å². The molecule has 0 saturated carbocycles. The van der Waals surface area contributed by atoms with Gasteiger partial charge in [-0.1, -0.05) is 11.6 Å². The normalized spacial score (nSPS) is 12.9.